The number of carboxylic acid groups (broad SMARTS) is 2. The van der Waals surface area contributed by atoms with Crippen LogP contribution in [0, 0.1) is 0 Å². The lowest BCUT2D eigenvalue weighted by Crippen LogP contribution is -2.12. The molecular formula is C17H16O5. The van der Waals surface area contributed by atoms with Crippen molar-refractivity contribution in [2.45, 2.75) is 13.0 Å². The lowest BCUT2D eigenvalue weighted by molar-refractivity contribution is 0.0649. The molecule has 2 aromatic carbocycles. The van der Waals surface area contributed by atoms with Crippen LogP contribution in [-0.2, 0) is 17.8 Å². The van der Waals surface area contributed by atoms with E-state index in [2.05, 4.69) is 0 Å². The average Bonchev–Trinajstić information content (AvgIpc) is 2.52. The van der Waals surface area contributed by atoms with Gasteiger partial charge in [0, 0.05) is 0 Å². The minimum absolute atomic E-state index is 0.168. The third kappa shape index (κ3) is 3.93. The number of carbonyl (C=O) groups is 2. The molecule has 0 aliphatic heterocycles. The molecule has 2 rings (SSSR count). The summed E-state index contributed by atoms with van der Waals surface area (Å²) in [6.45, 7) is 0.750. The Balaban J connectivity index is 2.02. The second kappa shape index (κ2) is 7.38. The summed E-state index contributed by atoms with van der Waals surface area (Å²) in [5.41, 5.74) is 1.12. The van der Waals surface area contributed by atoms with E-state index in [4.69, 9.17) is 9.84 Å². The van der Waals surface area contributed by atoms with Gasteiger partial charge in [-0.3, -0.25) is 0 Å². The fraction of sp³-hybridized carbons (Fsp3) is 0.176. The first kappa shape index (κ1) is 15.7. The van der Waals surface area contributed by atoms with Gasteiger partial charge >= 0.3 is 11.9 Å². The minimum atomic E-state index is -1.25. The third-order valence-corrected chi connectivity index (χ3v) is 3.22. The van der Waals surface area contributed by atoms with E-state index in [0.29, 0.717) is 25.2 Å². The lowest BCUT2D eigenvalue weighted by Gasteiger charge is -2.09. The van der Waals surface area contributed by atoms with Crippen molar-refractivity contribution in [3.8, 4) is 0 Å². The molecule has 5 heteroatoms. The summed E-state index contributed by atoms with van der Waals surface area (Å²) in [6.07, 6.45) is 0.343. The molecule has 0 amide bonds. The van der Waals surface area contributed by atoms with Gasteiger partial charge in [-0.05, 0) is 23.6 Å². The van der Waals surface area contributed by atoms with Gasteiger partial charge in [0.1, 0.15) is 0 Å². The largest absolute Gasteiger partial charge is 0.478 e. The maximum absolute atomic E-state index is 11.3. The van der Waals surface area contributed by atoms with Gasteiger partial charge in [0.15, 0.2) is 0 Å². The van der Waals surface area contributed by atoms with E-state index < -0.39 is 11.9 Å². The summed E-state index contributed by atoms with van der Waals surface area (Å²) in [4.78, 5) is 22.4. The van der Waals surface area contributed by atoms with Gasteiger partial charge in [0.25, 0.3) is 0 Å². The van der Waals surface area contributed by atoms with Gasteiger partial charge in [-0.25, -0.2) is 9.59 Å². The Hall–Kier alpha value is -2.66. The fourth-order valence-corrected chi connectivity index (χ4v) is 2.19. The van der Waals surface area contributed by atoms with Crippen molar-refractivity contribution < 1.29 is 24.5 Å². The van der Waals surface area contributed by atoms with E-state index in [1.807, 2.05) is 30.3 Å². The summed E-state index contributed by atoms with van der Waals surface area (Å²) < 4.78 is 5.52. The molecule has 0 fully saturated rings. The molecular weight excluding hydrogens is 284 g/mol. The zero-order chi connectivity index (χ0) is 15.9. The molecule has 5 nitrogen and oxygen atoms in total. The highest BCUT2D eigenvalue weighted by atomic mass is 16.5. The van der Waals surface area contributed by atoms with Gasteiger partial charge in [0.05, 0.1) is 24.3 Å². The molecule has 0 aromatic heterocycles. The smallest absolute Gasteiger partial charge is 0.336 e. The molecule has 0 saturated heterocycles. The van der Waals surface area contributed by atoms with Crippen LogP contribution in [0.2, 0.25) is 0 Å². The molecule has 0 aliphatic carbocycles. The quantitative estimate of drug-likeness (QED) is 0.768. The molecule has 0 bridgehead atoms. The van der Waals surface area contributed by atoms with E-state index in [-0.39, 0.29) is 11.1 Å². The Morgan fingerprint density at radius 1 is 0.909 bits per heavy atom. The Kier molecular flexibility index (Phi) is 5.27. The highest BCUT2D eigenvalue weighted by molar-refractivity contribution is 6.02. The number of ether oxygens (including phenoxy) is 1. The maximum Gasteiger partial charge on any atom is 0.336 e. The summed E-state index contributed by atoms with van der Waals surface area (Å²) in [5.74, 6) is -2.49. The summed E-state index contributed by atoms with van der Waals surface area (Å²) in [5, 5.41) is 18.3. The second-order valence-corrected chi connectivity index (χ2v) is 4.74. The van der Waals surface area contributed by atoms with E-state index in [1.165, 1.54) is 6.07 Å². The zero-order valence-electron chi connectivity index (χ0n) is 11.9. The number of hydrogen-bond acceptors (Lipinski definition) is 3. The van der Waals surface area contributed by atoms with Crippen molar-refractivity contribution in [3.63, 3.8) is 0 Å². The molecule has 114 valence electrons. The van der Waals surface area contributed by atoms with Crippen LogP contribution >= 0.6 is 0 Å². The molecule has 0 unspecified atom stereocenters. The molecule has 0 saturated carbocycles. The Morgan fingerprint density at radius 3 is 2.27 bits per heavy atom. The fourth-order valence-electron chi connectivity index (χ4n) is 2.19. The lowest BCUT2D eigenvalue weighted by atomic mass is 9.99. The van der Waals surface area contributed by atoms with Gasteiger partial charge in [-0.2, -0.15) is 0 Å². The number of carboxylic acids is 2. The van der Waals surface area contributed by atoms with Crippen LogP contribution in [-0.4, -0.2) is 28.8 Å². The number of benzene rings is 2. The van der Waals surface area contributed by atoms with Crippen LogP contribution in [0.25, 0.3) is 0 Å². The van der Waals surface area contributed by atoms with E-state index in [1.54, 1.807) is 12.1 Å². The van der Waals surface area contributed by atoms with Gasteiger partial charge in [-0.15, -0.1) is 0 Å². The van der Waals surface area contributed by atoms with Crippen molar-refractivity contribution in [2.75, 3.05) is 6.61 Å². The highest BCUT2D eigenvalue weighted by Gasteiger charge is 2.19. The van der Waals surface area contributed by atoms with Crippen molar-refractivity contribution in [2.24, 2.45) is 0 Å². The first-order valence-corrected chi connectivity index (χ1v) is 6.79. The van der Waals surface area contributed by atoms with Crippen LogP contribution in [0.3, 0.4) is 0 Å². The predicted molar refractivity (Wildman–Crippen MR) is 80.2 cm³/mol. The topological polar surface area (TPSA) is 83.8 Å². The van der Waals surface area contributed by atoms with Crippen LogP contribution in [0.15, 0.2) is 48.5 Å². The van der Waals surface area contributed by atoms with Gasteiger partial charge in [0.2, 0.25) is 0 Å². The van der Waals surface area contributed by atoms with Crippen molar-refractivity contribution in [1.29, 1.82) is 0 Å². The molecule has 2 aromatic rings. The van der Waals surface area contributed by atoms with Crippen LogP contribution < -0.4 is 0 Å². The molecule has 22 heavy (non-hydrogen) atoms. The maximum atomic E-state index is 11.3. The molecule has 0 spiro atoms. The molecule has 0 radical (unpaired) electrons. The van der Waals surface area contributed by atoms with Crippen LogP contribution in [0.4, 0.5) is 0 Å². The molecule has 0 heterocycles. The van der Waals surface area contributed by atoms with E-state index >= 15 is 0 Å². The predicted octanol–water partition coefficient (Wildman–Crippen LogP) is 2.84. The van der Waals surface area contributed by atoms with Gasteiger partial charge in [-0.1, -0.05) is 42.5 Å². The summed E-state index contributed by atoms with van der Waals surface area (Å²) in [7, 11) is 0. The Bertz CT molecular complexity index is 664. The zero-order valence-corrected chi connectivity index (χ0v) is 11.9. The minimum Gasteiger partial charge on any atom is -0.478 e. The molecule has 2 N–H and O–H groups in total. The standard InChI is InChI=1S/C17H16O5/c18-16(19)14-8-4-7-13(15(14)17(20)21)9-10-22-11-12-5-2-1-3-6-12/h1-8H,9-11H2,(H,18,19)(H,20,21). The van der Waals surface area contributed by atoms with E-state index in [9.17, 15) is 14.7 Å². The summed E-state index contributed by atoms with van der Waals surface area (Å²) in [6, 6.07) is 14.1. The van der Waals surface area contributed by atoms with Crippen molar-refractivity contribution >= 4 is 11.9 Å². The second-order valence-electron chi connectivity index (χ2n) is 4.74. The normalized spacial score (nSPS) is 10.4. The number of aromatic carboxylic acids is 2. The number of hydrogen-bond donors (Lipinski definition) is 2. The summed E-state index contributed by atoms with van der Waals surface area (Å²) >= 11 is 0. The SMILES string of the molecule is O=C(O)c1cccc(CCOCc2ccccc2)c1C(=O)O. The third-order valence-electron chi connectivity index (χ3n) is 3.22. The van der Waals surface area contributed by atoms with Crippen molar-refractivity contribution in [3.05, 3.63) is 70.8 Å². The van der Waals surface area contributed by atoms with Crippen LogP contribution in [0.5, 0.6) is 0 Å². The van der Waals surface area contributed by atoms with E-state index in [0.717, 1.165) is 5.56 Å². The monoisotopic (exact) mass is 300 g/mol. The van der Waals surface area contributed by atoms with Crippen LogP contribution in [0.1, 0.15) is 31.8 Å². The Labute approximate surface area is 127 Å². The van der Waals surface area contributed by atoms with Crippen molar-refractivity contribution in [1.82, 2.24) is 0 Å². The number of rotatable bonds is 7. The first-order valence-electron chi connectivity index (χ1n) is 6.79. The molecule has 0 atom stereocenters. The first-order chi connectivity index (χ1) is 10.6. The van der Waals surface area contributed by atoms with Gasteiger partial charge < -0.3 is 14.9 Å². The highest BCUT2D eigenvalue weighted by Crippen LogP contribution is 2.16. The Morgan fingerprint density at radius 2 is 1.64 bits per heavy atom. The average molecular weight is 300 g/mol. The molecule has 0 aliphatic rings.